The minimum atomic E-state index is -0.703. The summed E-state index contributed by atoms with van der Waals surface area (Å²) in [5.41, 5.74) is 1.33. The molecule has 0 saturated heterocycles. The van der Waals surface area contributed by atoms with Crippen LogP contribution in [-0.2, 0) is 11.3 Å². The van der Waals surface area contributed by atoms with Crippen LogP contribution in [0.4, 0.5) is 0 Å². The second-order valence-corrected chi connectivity index (χ2v) is 4.02. The van der Waals surface area contributed by atoms with Crippen molar-refractivity contribution in [3.05, 3.63) is 53.6 Å². The van der Waals surface area contributed by atoms with Gasteiger partial charge in [-0.15, -0.1) is 0 Å². The van der Waals surface area contributed by atoms with Crippen molar-refractivity contribution in [1.29, 1.82) is 0 Å². The van der Waals surface area contributed by atoms with Gasteiger partial charge in [0.05, 0.1) is 0 Å². The molecular weight excluding hydrogens is 243 g/mol. The van der Waals surface area contributed by atoms with Gasteiger partial charge in [-0.25, -0.2) is 4.79 Å². The average molecular weight is 254 g/mol. The fraction of sp³-hybridized carbons (Fsp3) is 0.0714. The van der Waals surface area contributed by atoms with Crippen LogP contribution in [0.25, 0.3) is 0 Å². The highest BCUT2D eigenvalue weighted by atomic mass is 16.5. The normalized spacial score (nSPS) is 10.1. The van der Waals surface area contributed by atoms with E-state index < -0.39 is 5.97 Å². The first-order valence-electron chi connectivity index (χ1n) is 5.60. The number of carbonyl (C=O) groups is 1. The molecule has 0 aliphatic rings. The van der Waals surface area contributed by atoms with E-state index in [4.69, 9.17) is 12.6 Å². The van der Waals surface area contributed by atoms with Crippen molar-refractivity contribution in [3.8, 4) is 11.5 Å². The quantitative estimate of drug-likeness (QED) is 0.491. The van der Waals surface area contributed by atoms with E-state index in [1.54, 1.807) is 24.3 Å². The van der Waals surface area contributed by atoms with E-state index in [2.05, 4.69) is 0 Å². The molecule has 0 unspecified atom stereocenters. The zero-order valence-electron chi connectivity index (χ0n) is 10.0. The molecule has 2 N–H and O–H groups in total. The van der Waals surface area contributed by atoms with Gasteiger partial charge in [-0.05, 0) is 23.8 Å². The molecule has 2 rings (SSSR count). The lowest BCUT2D eigenvalue weighted by atomic mass is 9.95. The lowest BCUT2D eigenvalue weighted by molar-refractivity contribution is 0.0469. The number of phenols is 2. The Labute approximate surface area is 111 Å². The number of hydrogen-bond donors (Lipinski definition) is 2. The smallest absolute Gasteiger partial charge is 0.342 e. The number of rotatable bonds is 3. The van der Waals surface area contributed by atoms with E-state index in [0.29, 0.717) is 5.46 Å². The fourth-order valence-corrected chi connectivity index (χ4v) is 1.53. The lowest BCUT2D eigenvalue weighted by Gasteiger charge is -2.07. The molecular formula is C14H11BO4. The van der Waals surface area contributed by atoms with Gasteiger partial charge in [0.1, 0.15) is 31.5 Å². The van der Waals surface area contributed by atoms with Crippen LogP contribution in [-0.4, -0.2) is 24.0 Å². The van der Waals surface area contributed by atoms with Crippen molar-refractivity contribution in [2.75, 3.05) is 0 Å². The molecule has 0 spiro atoms. The monoisotopic (exact) mass is 254 g/mol. The van der Waals surface area contributed by atoms with Crippen molar-refractivity contribution in [1.82, 2.24) is 0 Å². The zero-order valence-corrected chi connectivity index (χ0v) is 10.0. The third-order valence-electron chi connectivity index (χ3n) is 2.55. The first kappa shape index (κ1) is 13.0. The molecule has 0 aromatic heterocycles. The predicted octanol–water partition coefficient (Wildman–Crippen LogP) is 1.25. The summed E-state index contributed by atoms with van der Waals surface area (Å²) in [6.45, 7) is 0.0637. The Balaban J connectivity index is 2.05. The van der Waals surface area contributed by atoms with Gasteiger partial charge in [0.15, 0.2) is 0 Å². The molecule has 2 radical (unpaired) electrons. The van der Waals surface area contributed by atoms with E-state index in [0.717, 1.165) is 11.6 Å². The Morgan fingerprint density at radius 2 is 1.79 bits per heavy atom. The van der Waals surface area contributed by atoms with Crippen LogP contribution in [0.1, 0.15) is 15.9 Å². The van der Waals surface area contributed by atoms with Gasteiger partial charge < -0.3 is 14.9 Å². The summed E-state index contributed by atoms with van der Waals surface area (Å²) in [5.74, 6) is -1.05. The molecule has 0 bridgehead atoms. The van der Waals surface area contributed by atoms with E-state index in [1.165, 1.54) is 12.1 Å². The number of esters is 1. The molecule has 0 aliphatic carbocycles. The molecule has 0 fully saturated rings. The minimum absolute atomic E-state index is 0.0637. The highest BCUT2D eigenvalue weighted by Gasteiger charge is 2.13. The van der Waals surface area contributed by atoms with Crippen LogP contribution in [0.15, 0.2) is 42.5 Å². The summed E-state index contributed by atoms with van der Waals surface area (Å²) in [4.78, 5) is 11.7. The standard InChI is InChI=1S/C14H11BO4/c15-10-3-1-9(2-4-10)8-19-14(18)12-7-11(16)5-6-13(12)17/h1-7,16-17H,8H2. The fourth-order valence-electron chi connectivity index (χ4n) is 1.53. The first-order chi connectivity index (χ1) is 9.06. The molecule has 0 saturated carbocycles. The van der Waals surface area contributed by atoms with Gasteiger partial charge in [-0.2, -0.15) is 0 Å². The van der Waals surface area contributed by atoms with E-state index in [-0.39, 0.29) is 23.7 Å². The van der Waals surface area contributed by atoms with Gasteiger partial charge >= 0.3 is 5.97 Å². The van der Waals surface area contributed by atoms with Gasteiger partial charge in [0.25, 0.3) is 0 Å². The second kappa shape index (κ2) is 5.48. The van der Waals surface area contributed by atoms with E-state index >= 15 is 0 Å². The zero-order chi connectivity index (χ0) is 13.8. The van der Waals surface area contributed by atoms with Crippen LogP contribution >= 0.6 is 0 Å². The molecule has 94 valence electrons. The molecule has 5 heteroatoms. The predicted molar refractivity (Wildman–Crippen MR) is 70.7 cm³/mol. The van der Waals surface area contributed by atoms with E-state index in [9.17, 15) is 15.0 Å². The topological polar surface area (TPSA) is 66.8 Å². The maximum Gasteiger partial charge on any atom is 0.342 e. The summed E-state index contributed by atoms with van der Waals surface area (Å²) in [5, 5.41) is 18.8. The third-order valence-corrected chi connectivity index (χ3v) is 2.55. The average Bonchev–Trinajstić information content (AvgIpc) is 2.40. The number of hydrogen-bond acceptors (Lipinski definition) is 4. The molecule has 0 aliphatic heterocycles. The third kappa shape index (κ3) is 3.28. The van der Waals surface area contributed by atoms with Crippen molar-refractivity contribution < 1.29 is 19.7 Å². The number of benzene rings is 2. The maximum atomic E-state index is 11.7. The number of aromatic hydroxyl groups is 2. The highest BCUT2D eigenvalue weighted by molar-refractivity contribution is 6.32. The molecule has 0 amide bonds. The second-order valence-electron chi connectivity index (χ2n) is 4.02. The Morgan fingerprint density at radius 1 is 1.11 bits per heavy atom. The van der Waals surface area contributed by atoms with Gasteiger partial charge in [0, 0.05) is 0 Å². The summed E-state index contributed by atoms with van der Waals surface area (Å²) < 4.78 is 5.04. The molecule has 4 nitrogen and oxygen atoms in total. The van der Waals surface area contributed by atoms with Crippen molar-refractivity contribution >= 4 is 19.3 Å². The Morgan fingerprint density at radius 3 is 2.47 bits per heavy atom. The van der Waals surface area contributed by atoms with Gasteiger partial charge in [-0.3, -0.25) is 0 Å². The Bertz CT molecular complexity index is 593. The van der Waals surface area contributed by atoms with Crippen LogP contribution in [0.3, 0.4) is 0 Å². The summed E-state index contributed by atoms with van der Waals surface area (Å²) >= 11 is 0. The van der Waals surface area contributed by atoms with Crippen LogP contribution in [0, 0.1) is 0 Å². The summed E-state index contributed by atoms with van der Waals surface area (Å²) in [6, 6.07) is 10.6. The number of carbonyl (C=O) groups excluding carboxylic acids is 1. The maximum absolute atomic E-state index is 11.7. The van der Waals surface area contributed by atoms with Crippen molar-refractivity contribution in [2.24, 2.45) is 0 Å². The first-order valence-corrected chi connectivity index (χ1v) is 5.60. The molecule has 19 heavy (non-hydrogen) atoms. The Hall–Kier alpha value is -2.43. The van der Waals surface area contributed by atoms with E-state index in [1.807, 2.05) is 0 Å². The SMILES string of the molecule is [B]c1ccc(COC(=O)c2cc(O)ccc2O)cc1. The highest BCUT2D eigenvalue weighted by Crippen LogP contribution is 2.23. The molecule has 0 atom stereocenters. The summed E-state index contributed by atoms with van der Waals surface area (Å²) in [7, 11) is 5.54. The van der Waals surface area contributed by atoms with Crippen molar-refractivity contribution in [3.63, 3.8) is 0 Å². The molecule has 2 aromatic rings. The molecule has 0 heterocycles. The minimum Gasteiger partial charge on any atom is -0.508 e. The molecule has 2 aromatic carbocycles. The van der Waals surface area contributed by atoms with Crippen LogP contribution < -0.4 is 5.46 Å². The van der Waals surface area contributed by atoms with Crippen molar-refractivity contribution in [2.45, 2.75) is 6.61 Å². The summed E-state index contributed by atoms with van der Waals surface area (Å²) in [6.07, 6.45) is 0. The lowest BCUT2D eigenvalue weighted by Crippen LogP contribution is -2.07. The van der Waals surface area contributed by atoms with Crippen LogP contribution in [0.2, 0.25) is 0 Å². The number of ether oxygens (including phenoxy) is 1. The number of phenolic OH excluding ortho intramolecular Hbond substituents is 2. The van der Waals surface area contributed by atoms with Gasteiger partial charge in [-0.1, -0.05) is 29.7 Å². The van der Waals surface area contributed by atoms with Crippen LogP contribution in [0.5, 0.6) is 11.5 Å². The largest absolute Gasteiger partial charge is 0.508 e. The van der Waals surface area contributed by atoms with Gasteiger partial charge in [0.2, 0.25) is 0 Å². The Kier molecular flexibility index (Phi) is 3.75.